The summed E-state index contributed by atoms with van der Waals surface area (Å²) in [7, 11) is 0. The maximum Gasteiger partial charge on any atom is 0.272 e. The fourth-order valence-electron chi connectivity index (χ4n) is 3.75. The summed E-state index contributed by atoms with van der Waals surface area (Å²) in [6, 6.07) is 22.9. The highest BCUT2D eigenvalue weighted by Crippen LogP contribution is 2.31. The summed E-state index contributed by atoms with van der Waals surface area (Å²) >= 11 is 16.2. The Morgan fingerprint density at radius 2 is 1.72 bits per heavy atom. The number of carbonyl (C=O) groups excluding carboxylic acids is 3. The van der Waals surface area contributed by atoms with Crippen LogP contribution in [0.5, 0.6) is 0 Å². The summed E-state index contributed by atoms with van der Waals surface area (Å²) in [5.41, 5.74) is 3.34. The van der Waals surface area contributed by atoms with Gasteiger partial charge in [-0.2, -0.15) is 11.3 Å². The van der Waals surface area contributed by atoms with Gasteiger partial charge in [-0.15, -0.1) is 23.1 Å². The standard InChI is InChI=1S/C31H22Cl2N4O3S3/c32-24-10-9-21(14-25(24)33)27-17-43-31(36-27)37-28(38)18-42-23-8-4-7-22(15-23)34-30(40)26(13-19-11-12-41-16-19)35-29(39)20-5-2-1-3-6-20/h1-17H,18H2,(H,34,40)(H,35,39)(H,36,37,38)/b26-13-. The van der Waals surface area contributed by atoms with Gasteiger partial charge >= 0.3 is 0 Å². The van der Waals surface area contributed by atoms with Crippen molar-refractivity contribution in [3.8, 4) is 11.3 Å². The van der Waals surface area contributed by atoms with Gasteiger partial charge in [0.15, 0.2) is 5.13 Å². The van der Waals surface area contributed by atoms with E-state index in [1.54, 1.807) is 60.7 Å². The van der Waals surface area contributed by atoms with Crippen LogP contribution in [0.4, 0.5) is 10.8 Å². The van der Waals surface area contributed by atoms with Gasteiger partial charge in [-0.25, -0.2) is 4.98 Å². The Labute approximate surface area is 270 Å². The van der Waals surface area contributed by atoms with E-state index in [4.69, 9.17) is 23.2 Å². The first-order valence-electron chi connectivity index (χ1n) is 12.7. The van der Waals surface area contributed by atoms with Gasteiger partial charge in [-0.1, -0.05) is 53.5 Å². The van der Waals surface area contributed by atoms with Crippen molar-refractivity contribution in [1.82, 2.24) is 10.3 Å². The molecule has 0 unspecified atom stereocenters. The molecule has 3 amide bonds. The summed E-state index contributed by atoms with van der Waals surface area (Å²) in [6.45, 7) is 0. The predicted octanol–water partition coefficient (Wildman–Crippen LogP) is 8.32. The molecule has 5 rings (SSSR count). The monoisotopic (exact) mass is 664 g/mol. The van der Waals surface area contributed by atoms with E-state index < -0.39 is 11.8 Å². The van der Waals surface area contributed by atoms with E-state index in [9.17, 15) is 14.4 Å². The van der Waals surface area contributed by atoms with Crippen LogP contribution in [-0.2, 0) is 9.59 Å². The molecule has 0 atom stereocenters. The van der Waals surface area contributed by atoms with E-state index in [-0.39, 0.29) is 17.4 Å². The van der Waals surface area contributed by atoms with E-state index in [1.807, 2.05) is 40.4 Å². The molecule has 43 heavy (non-hydrogen) atoms. The van der Waals surface area contributed by atoms with Crippen molar-refractivity contribution in [2.75, 3.05) is 16.4 Å². The number of amides is 3. The van der Waals surface area contributed by atoms with Gasteiger partial charge in [0.1, 0.15) is 5.70 Å². The lowest BCUT2D eigenvalue weighted by Gasteiger charge is -2.12. The number of thiazole rings is 1. The third-order valence-electron chi connectivity index (χ3n) is 5.81. The average Bonchev–Trinajstić information content (AvgIpc) is 3.70. The fraction of sp³-hybridized carbons (Fsp3) is 0.0323. The summed E-state index contributed by atoms with van der Waals surface area (Å²) in [5.74, 6) is -0.955. The van der Waals surface area contributed by atoms with Crippen molar-refractivity contribution in [3.63, 3.8) is 0 Å². The Morgan fingerprint density at radius 3 is 2.49 bits per heavy atom. The molecule has 0 spiro atoms. The lowest BCUT2D eigenvalue weighted by molar-refractivity contribution is -0.114. The van der Waals surface area contributed by atoms with Crippen LogP contribution in [0.1, 0.15) is 15.9 Å². The van der Waals surface area contributed by atoms with Crippen LogP contribution in [0.25, 0.3) is 17.3 Å². The zero-order valence-corrected chi connectivity index (χ0v) is 26.1. The van der Waals surface area contributed by atoms with Crippen molar-refractivity contribution in [2.45, 2.75) is 4.90 Å². The van der Waals surface area contributed by atoms with Crippen molar-refractivity contribution >= 4 is 92.3 Å². The Bertz CT molecular complexity index is 1790. The van der Waals surface area contributed by atoms with Crippen molar-refractivity contribution < 1.29 is 14.4 Å². The highest BCUT2D eigenvalue weighted by Gasteiger charge is 2.16. The number of carbonyl (C=O) groups is 3. The van der Waals surface area contributed by atoms with Crippen LogP contribution in [0.15, 0.2) is 106 Å². The van der Waals surface area contributed by atoms with Gasteiger partial charge in [-0.05, 0) is 70.9 Å². The topological polar surface area (TPSA) is 100 Å². The van der Waals surface area contributed by atoms with Crippen LogP contribution in [-0.4, -0.2) is 28.5 Å². The quantitative estimate of drug-likeness (QED) is 0.103. The molecule has 0 aliphatic rings. The molecule has 0 saturated heterocycles. The minimum Gasteiger partial charge on any atom is -0.321 e. The molecule has 3 aromatic carbocycles. The van der Waals surface area contributed by atoms with E-state index in [0.717, 1.165) is 16.0 Å². The third-order valence-corrected chi connectivity index (χ3v) is 9.00. The van der Waals surface area contributed by atoms with Crippen molar-refractivity contribution in [1.29, 1.82) is 0 Å². The zero-order valence-electron chi connectivity index (χ0n) is 22.2. The summed E-state index contributed by atoms with van der Waals surface area (Å²) in [5, 5.41) is 15.3. The number of hydrogen-bond donors (Lipinski definition) is 3. The number of hydrogen-bond acceptors (Lipinski definition) is 7. The lowest BCUT2D eigenvalue weighted by Crippen LogP contribution is -2.30. The largest absolute Gasteiger partial charge is 0.321 e. The number of halogens is 2. The normalized spacial score (nSPS) is 11.2. The lowest BCUT2D eigenvalue weighted by atomic mass is 10.2. The molecular formula is C31H22Cl2N4O3S3. The number of benzene rings is 3. The maximum atomic E-state index is 13.2. The number of nitrogens with zero attached hydrogens (tertiary/aromatic N) is 1. The van der Waals surface area contributed by atoms with Crippen LogP contribution in [0, 0.1) is 0 Å². The number of rotatable bonds is 10. The fourth-order valence-corrected chi connectivity index (χ4v) is 6.16. The number of thioether (sulfide) groups is 1. The zero-order chi connectivity index (χ0) is 30.2. The second-order valence-corrected chi connectivity index (χ2v) is 12.4. The predicted molar refractivity (Wildman–Crippen MR) is 178 cm³/mol. The summed E-state index contributed by atoms with van der Waals surface area (Å²) < 4.78 is 0. The average molecular weight is 666 g/mol. The molecule has 2 heterocycles. The van der Waals surface area contributed by atoms with Crippen LogP contribution >= 0.6 is 57.6 Å². The van der Waals surface area contributed by atoms with Gasteiger partial charge < -0.3 is 16.0 Å². The number of aromatic nitrogens is 1. The molecule has 0 aliphatic heterocycles. The molecule has 216 valence electrons. The molecule has 12 heteroatoms. The number of anilines is 2. The van der Waals surface area contributed by atoms with E-state index in [0.29, 0.717) is 32.1 Å². The molecule has 5 aromatic rings. The van der Waals surface area contributed by atoms with E-state index >= 15 is 0 Å². The second kappa shape index (κ2) is 14.5. The Morgan fingerprint density at radius 1 is 0.884 bits per heavy atom. The first-order chi connectivity index (χ1) is 20.8. The number of thiophene rings is 1. The minimum atomic E-state index is -0.475. The molecule has 0 radical (unpaired) electrons. The van der Waals surface area contributed by atoms with Crippen LogP contribution in [0.3, 0.4) is 0 Å². The number of nitrogens with one attached hydrogen (secondary N) is 3. The Hall–Kier alpha value is -3.93. The summed E-state index contributed by atoms with van der Waals surface area (Å²) in [6.07, 6.45) is 1.63. The molecule has 0 saturated carbocycles. The highest BCUT2D eigenvalue weighted by atomic mass is 35.5. The second-order valence-electron chi connectivity index (χ2n) is 8.92. The first-order valence-corrected chi connectivity index (χ1v) is 16.3. The molecule has 0 fully saturated rings. The molecule has 3 N–H and O–H groups in total. The van der Waals surface area contributed by atoms with Crippen molar-refractivity contribution in [3.05, 3.63) is 122 Å². The maximum absolute atomic E-state index is 13.2. The third kappa shape index (κ3) is 8.56. The van der Waals surface area contributed by atoms with Crippen LogP contribution in [0.2, 0.25) is 10.0 Å². The van der Waals surface area contributed by atoms with Gasteiger partial charge in [0.2, 0.25) is 5.91 Å². The smallest absolute Gasteiger partial charge is 0.272 e. The van der Waals surface area contributed by atoms with Gasteiger partial charge in [0, 0.05) is 27.1 Å². The van der Waals surface area contributed by atoms with E-state index in [2.05, 4.69) is 20.9 Å². The summed E-state index contributed by atoms with van der Waals surface area (Å²) in [4.78, 5) is 43.9. The van der Waals surface area contributed by atoms with Gasteiger partial charge in [-0.3, -0.25) is 14.4 Å². The molecular weight excluding hydrogens is 643 g/mol. The molecule has 0 bridgehead atoms. The first kappa shape index (κ1) is 30.5. The van der Waals surface area contributed by atoms with Crippen LogP contribution < -0.4 is 16.0 Å². The highest BCUT2D eigenvalue weighted by molar-refractivity contribution is 8.00. The molecule has 7 nitrogen and oxygen atoms in total. The minimum absolute atomic E-state index is 0.105. The molecule has 2 aromatic heterocycles. The Kier molecular flexibility index (Phi) is 10.3. The molecule has 0 aliphatic carbocycles. The SMILES string of the molecule is O=C(CSc1cccc(NC(=O)/C(=C/c2ccsc2)NC(=O)c2ccccc2)c1)Nc1nc(-c2ccc(Cl)c(Cl)c2)cs1. The van der Waals surface area contributed by atoms with Gasteiger partial charge in [0.25, 0.3) is 11.8 Å². The Balaban J connectivity index is 1.19. The van der Waals surface area contributed by atoms with E-state index in [1.165, 1.54) is 34.4 Å². The van der Waals surface area contributed by atoms with Gasteiger partial charge in [0.05, 0.1) is 21.5 Å². The van der Waals surface area contributed by atoms with Crippen molar-refractivity contribution in [2.24, 2.45) is 0 Å².